The Bertz CT molecular complexity index is 666. The van der Waals surface area contributed by atoms with E-state index in [1.165, 1.54) is 6.33 Å². The van der Waals surface area contributed by atoms with E-state index in [4.69, 9.17) is 0 Å². The maximum atomic E-state index is 12.6. The van der Waals surface area contributed by atoms with Gasteiger partial charge in [-0.25, -0.2) is 4.98 Å². The summed E-state index contributed by atoms with van der Waals surface area (Å²) in [5.74, 6) is 0.450. The van der Waals surface area contributed by atoms with Gasteiger partial charge < -0.3 is 10.6 Å². The first-order valence-corrected chi connectivity index (χ1v) is 8.38. The number of anilines is 1. The van der Waals surface area contributed by atoms with E-state index in [-0.39, 0.29) is 11.9 Å². The number of carbonyl (C=O) groups is 1. The topological polar surface area (TPSA) is 71.8 Å². The van der Waals surface area contributed by atoms with Crippen LogP contribution in [0.1, 0.15) is 43.6 Å². The molecule has 1 aromatic heterocycles. The Kier molecular flexibility index (Phi) is 5.95. The molecule has 0 bridgehead atoms. The van der Waals surface area contributed by atoms with Gasteiger partial charge in [-0.05, 0) is 44.4 Å². The fourth-order valence-electron chi connectivity index (χ4n) is 2.40. The fourth-order valence-corrected chi connectivity index (χ4v) is 2.40. The molecule has 1 aromatic carbocycles. The van der Waals surface area contributed by atoms with Gasteiger partial charge in [-0.3, -0.25) is 9.48 Å². The number of hydrogen-bond donors (Lipinski definition) is 2. The van der Waals surface area contributed by atoms with Gasteiger partial charge in [0.2, 0.25) is 0 Å². The molecular formula is C18H27N5O. The van der Waals surface area contributed by atoms with Crippen LogP contribution < -0.4 is 10.6 Å². The van der Waals surface area contributed by atoms with Crippen molar-refractivity contribution in [3.63, 3.8) is 0 Å². The molecule has 0 saturated heterocycles. The number of amides is 1. The van der Waals surface area contributed by atoms with E-state index in [2.05, 4.69) is 41.5 Å². The molecule has 1 amide bonds. The Morgan fingerprint density at radius 2 is 2.00 bits per heavy atom. The quantitative estimate of drug-likeness (QED) is 0.819. The van der Waals surface area contributed by atoms with Crippen molar-refractivity contribution in [3.05, 3.63) is 42.0 Å². The SMILES string of the molecule is Cc1c(N[C@H](C)C(C)C)cccc1C(=O)N[C@H](C)Cn1cncn1. The minimum Gasteiger partial charge on any atom is -0.382 e. The van der Waals surface area contributed by atoms with Crippen molar-refractivity contribution >= 4 is 11.6 Å². The molecule has 2 atom stereocenters. The number of hydrogen-bond acceptors (Lipinski definition) is 4. The summed E-state index contributed by atoms with van der Waals surface area (Å²) in [4.78, 5) is 16.5. The van der Waals surface area contributed by atoms with Crippen LogP contribution in [-0.4, -0.2) is 32.8 Å². The van der Waals surface area contributed by atoms with Crippen molar-refractivity contribution in [1.29, 1.82) is 0 Å². The minimum absolute atomic E-state index is 0.0372. The van der Waals surface area contributed by atoms with Gasteiger partial charge in [0.25, 0.3) is 5.91 Å². The summed E-state index contributed by atoms with van der Waals surface area (Å²) >= 11 is 0. The predicted octanol–water partition coefficient (Wildman–Crippen LogP) is 2.86. The normalized spacial score (nSPS) is 13.6. The Morgan fingerprint density at radius 1 is 1.25 bits per heavy atom. The highest BCUT2D eigenvalue weighted by Crippen LogP contribution is 2.21. The van der Waals surface area contributed by atoms with Crippen LogP contribution in [0.25, 0.3) is 0 Å². The van der Waals surface area contributed by atoms with Gasteiger partial charge in [0.1, 0.15) is 12.7 Å². The largest absolute Gasteiger partial charge is 0.382 e. The van der Waals surface area contributed by atoms with Crippen LogP contribution >= 0.6 is 0 Å². The van der Waals surface area contributed by atoms with Crippen LogP contribution in [-0.2, 0) is 6.54 Å². The molecule has 6 nitrogen and oxygen atoms in total. The summed E-state index contributed by atoms with van der Waals surface area (Å²) in [5, 5.41) is 10.6. The third kappa shape index (κ3) is 4.57. The van der Waals surface area contributed by atoms with Crippen molar-refractivity contribution in [1.82, 2.24) is 20.1 Å². The van der Waals surface area contributed by atoms with E-state index in [1.54, 1.807) is 11.0 Å². The van der Waals surface area contributed by atoms with Gasteiger partial charge >= 0.3 is 0 Å². The van der Waals surface area contributed by atoms with Crippen molar-refractivity contribution in [2.75, 3.05) is 5.32 Å². The van der Waals surface area contributed by atoms with Gasteiger partial charge in [0.05, 0.1) is 6.54 Å². The van der Waals surface area contributed by atoms with E-state index < -0.39 is 0 Å². The first-order valence-electron chi connectivity index (χ1n) is 8.38. The molecular weight excluding hydrogens is 302 g/mol. The molecule has 1 heterocycles. The van der Waals surface area contributed by atoms with Crippen molar-refractivity contribution in [3.8, 4) is 0 Å². The number of nitrogens with zero attached hydrogens (tertiary/aromatic N) is 3. The molecule has 0 aliphatic rings. The lowest BCUT2D eigenvalue weighted by Gasteiger charge is -2.22. The van der Waals surface area contributed by atoms with E-state index in [0.717, 1.165) is 11.3 Å². The maximum Gasteiger partial charge on any atom is 0.251 e. The predicted molar refractivity (Wildman–Crippen MR) is 96.1 cm³/mol. The number of rotatable bonds is 7. The number of carbonyl (C=O) groups excluding carboxylic acids is 1. The lowest BCUT2D eigenvalue weighted by atomic mass is 10.0. The van der Waals surface area contributed by atoms with Gasteiger partial charge in [0.15, 0.2) is 0 Å². The fraction of sp³-hybridized carbons (Fsp3) is 0.500. The molecule has 24 heavy (non-hydrogen) atoms. The lowest BCUT2D eigenvalue weighted by Crippen LogP contribution is -2.36. The average Bonchev–Trinajstić information content (AvgIpc) is 3.01. The highest BCUT2D eigenvalue weighted by molar-refractivity contribution is 5.97. The summed E-state index contributed by atoms with van der Waals surface area (Å²) in [6.45, 7) is 11.0. The Morgan fingerprint density at radius 3 is 2.62 bits per heavy atom. The summed E-state index contributed by atoms with van der Waals surface area (Å²) in [5.41, 5.74) is 2.67. The number of aromatic nitrogens is 3. The zero-order valence-corrected chi connectivity index (χ0v) is 15.1. The molecule has 2 aromatic rings. The smallest absolute Gasteiger partial charge is 0.251 e. The molecule has 0 spiro atoms. The first-order chi connectivity index (χ1) is 11.4. The van der Waals surface area contributed by atoms with Crippen LogP contribution in [0, 0.1) is 12.8 Å². The van der Waals surface area contributed by atoms with E-state index in [1.807, 2.05) is 32.0 Å². The second-order valence-corrected chi connectivity index (χ2v) is 6.65. The van der Waals surface area contributed by atoms with Crippen LogP contribution in [0.5, 0.6) is 0 Å². The van der Waals surface area contributed by atoms with Crippen LogP contribution in [0.3, 0.4) is 0 Å². The second-order valence-electron chi connectivity index (χ2n) is 6.65. The lowest BCUT2D eigenvalue weighted by molar-refractivity contribution is 0.0935. The highest BCUT2D eigenvalue weighted by atomic mass is 16.1. The molecule has 0 aliphatic heterocycles. The third-order valence-electron chi connectivity index (χ3n) is 4.27. The molecule has 2 N–H and O–H groups in total. The summed E-state index contributed by atoms with van der Waals surface area (Å²) in [6.07, 6.45) is 3.13. The van der Waals surface area contributed by atoms with E-state index in [0.29, 0.717) is 24.1 Å². The zero-order chi connectivity index (χ0) is 17.7. The second kappa shape index (κ2) is 7.95. The first kappa shape index (κ1) is 18.0. The Hall–Kier alpha value is -2.37. The molecule has 0 radical (unpaired) electrons. The average molecular weight is 329 g/mol. The van der Waals surface area contributed by atoms with Crippen molar-refractivity contribution in [2.24, 2.45) is 5.92 Å². The molecule has 0 fully saturated rings. The Balaban J connectivity index is 2.06. The maximum absolute atomic E-state index is 12.6. The molecule has 2 rings (SSSR count). The highest BCUT2D eigenvalue weighted by Gasteiger charge is 2.16. The van der Waals surface area contributed by atoms with Crippen LogP contribution in [0.4, 0.5) is 5.69 Å². The van der Waals surface area contributed by atoms with Crippen LogP contribution in [0.15, 0.2) is 30.9 Å². The zero-order valence-electron chi connectivity index (χ0n) is 15.1. The summed E-state index contributed by atoms with van der Waals surface area (Å²) in [7, 11) is 0. The number of benzene rings is 1. The van der Waals surface area contributed by atoms with Gasteiger partial charge in [-0.1, -0.05) is 19.9 Å². The van der Waals surface area contributed by atoms with Gasteiger partial charge in [0, 0.05) is 23.3 Å². The van der Waals surface area contributed by atoms with Gasteiger partial charge in [-0.15, -0.1) is 0 Å². The monoisotopic (exact) mass is 329 g/mol. The molecule has 0 unspecified atom stereocenters. The third-order valence-corrected chi connectivity index (χ3v) is 4.27. The molecule has 0 saturated carbocycles. The molecule has 6 heteroatoms. The van der Waals surface area contributed by atoms with E-state index in [9.17, 15) is 4.79 Å². The summed E-state index contributed by atoms with van der Waals surface area (Å²) in [6, 6.07) is 6.10. The summed E-state index contributed by atoms with van der Waals surface area (Å²) < 4.78 is 1.71. The molecule has 130 valence electrons. The Labute approximate surface area is 143 Å². The van der Waals surface area contributed by atoms with E-state index >= 15 is 0 Å². The van der Waals surface area contributed by atoms with Crippen LogP contribution in [0.2, 0.25) is 0 Å². The van der Waals surface area contributed by atoms with Crippen molar-refractivity contribution in [2.45, 2.75) is 53.2 Å². The van der Waals surface area contributed by atoms with Gasteiger partial charge in [-0.2, -0.15) is 5.10 Å². The standard InChI is InChI=1S/C18H27N5O/c1-12(2)15(5)22-17-8-6-7-16(14(17)4)18(24)21-13(3)9-23-11-19-10-20-23/h6-8,10-13,15,22H,9H2,1-5H3,(H,21,24)/t13-,15-/m1/s1. The number of nitrogens with one attached hydrogen (secondary N) is 2. The van der Waals surface area contributed by atoms with Crippen molar-refractivity contribution < 1.29 is 4.79 Å². The minimum atomic E-state index is -0.0686. The molecule has 0 aliphatic carbocycles.